The van der Waals surface area contributed by atoms with E-state index in [0.717, 1.165) is 5.56 Å². The predicted molar refractivity (Wildman–Crippen MR) is 45.1 cm³/mol. The zero-order valence-electron chi connectivity index (χ0n) is 7.34. The molecular formula is C9H8N2O3. The van der Waals surface area contributed by atoms with Gasteiger partial charge in [-0.05, 0) is 5.56 Å². The average Bonchev–Trinajstić information content (AvgIpc) is 2.18. The smallest absolute Gasteiger partial charge is 0.314 e. The zero-order valence-corrected chi connectivity index (χ0v) is 7.34. The van der Waals surface area contributed by atoms with Crippen molar-refractivity contribution in [3.8, 4) is 0 Å². The summed E-state index contributed by atoms with van der Waals surface area (Å²) in [4.78, 5) is 29.6. The number of ether oxygens (including phenoxy) is 1. The maximum atomic E-state index is 11.0. The van der Waals surface area contributed by atoms with Crippen molar-refractivity contribution in [2.45, 2.75) is 18.8 Å². The standard InChI is InChI=1S/C9H8N2O3/c12-8-1-6(2-9(13)14-8)7-3-10-5-11-4-7/h3-6H,1-2H2. The first-order valence-electron chi connectivity index (χ1n) is 4.24. The molecule has 0 aliphatic carbocycles. The Kier molecular flexibility index (Phi) is 2.22. The van der Waals surface area contributed by atoms with E-state index in [-0.39, 0.29) is 18.8 Å². The fourth-order valence-corrected chi connectivity index (χ4v) is 1.44. The lowest BCUT2D eigenvalue weighted by atomic mass is 9.93. The highest BCUT2D eigenvalue weighted by molar-refractivity contribution is 5.89. The van der Waals surface area contributed by atoms with Crippen molar-refractivity contribution in [2.24, 2.45) is 0 Å². The Hall–Kier alpha value is -1.78. The number of aromatic nitrogens is 2. The van der Waals surface area contributed by atoms with Crippen molar-refractivity contribution in [1.82, 2.24) is 9.97 Å². The van der Waals surface area contributed by atoms with E-state index in [1.165, 1.54) is 6.33 Å². The molecule has 5 nitrogen and oxygen atoms in total. The van der Waals surface area contributed by atoms with Crippen LogP contribution in [-0.2, 0) is 14.3 Å². The molecule has 0 unspecified atom stereocenters. The molecule has 14 heavy (non-hydrogen) atoms. The lowest BCUT2D eigenvalue weighted by molar-refractivity contribution is -0.163. The molecule has 1 saturated heterocycles. The Bertz CT molecular complexity index is 348. The summed E-state index contributed by atoms with van der Waals surface area (Å²) in [6.07, 6.45) is 5.08. The number of nitrogens with zero attached hydrogens (tertiary/aromatic N) is 2. The fourth-order valence-electron chi connectivity index (χ4n) is 1.44. The summed E-state index contributed by atoms with van der Waals surface area (Å²) in [5, 5.41) is 0. The van der Waals surface area contributed by atoms with Crippen LogP contribution in [0.4, 0.5) is 0 Å². The van der Waals surface area contributed by atoms with Gasteiger partial charge in [0.1, 0.15) is 6.33 Å². The second-order valence-electron chi connectivity index (χ2n) is 3.12. The largest absolute Gasteiger partial charge is 0.393 e. The Morgan fingerprint density at radius 1 is 1.14 bits per heavy atom. The normalized spacial score (nSPS) is 18.0. The molecule has 0 atom stereocenters. The summed E-state index contributed by atoms with van der Waals surface area (Å²) < 4.78 is 4.42. The van der Waals surface area contributed by atoms with Gasteiger partial charge in [-0.25, -0.2) is 9.97 Å². The van der Waals surface area contributed by atoms with Gasteiger partial charge in [0.05, 0.1) is 12.8 Å². The topological polar surface area (TPSA) is 69.2 Å². The monoisotopic (exact) mass is 192 g/mol. The molecule has 1 aliphatic rings. The molecule has 2 rings (SSSR count). The van der Waals surface area contributed by atoms with Gasteiger partial charge < -0.3 is 4.74 Å². The second-order valence-corrected chi connectivity index (χ2v) is 3.12. The van der Waals surface area contributed by atoms with Crippen LogP contribution in [-0.4, -0.2) is 21.9 Å². The first-order valence-corrected chi connectivity index (χ1v) is 4.24. The van der Waals surface area contributed by atoms with E-state index < -0.39 is 11.9 Å². The molecular weight excluding hydrogens is 184 g/mol. The first-order chi connectivity index (χ1) is 6.75. The molecule has 1 aromatic rings. The van der Waals surface area contributed by atoms with E-state index in [1.54, 1.807) is 12.4 Å². The summed E-state index contributed by atoms with van der Waals surface area (Å²) >= 11 is 0. The molecule has 0 saturated carbocycles. The summed E-state index contributed by atoms with van der Waals surface area (Å²) in [6.45, 7) is 0. The summed E-state index contributed by atoms with van der Waals surface area (Å²) in [5.41, 5.74) is 0.803. The number of carbonyl (C=O) groups excluding carboxylic acids is 2. The Balaban J connectivity index is 2.19. The van der Waals surface area contributed by atoms with Crippen LogP contribution in [0, 0.1) is 0 Å². The lowest BCUT2D eigenvalue weighted by Gasteiger charge is -2.18. The van der Waals surface area contributed by atoms with Crippen molar-refractivity contribution >= 4 is 11.9 Å². The molecule has 1 fully saturated rings. The Morgan fingerprint density at radius 3 is 2.29 bits per heavy atom. The number of hydrogen-bond acceptors (Lipinski definition) is 5. The van der Waals surface area contributed by atoms with E-state index in [1.807, 2.05) is 0 Å². The van der Waals surface area contributed by atoms with Gasteiger partial charge in [-0.2, -0.15) is 0 Å². The van der Waals surface area contributed by atoms with Crippen molar-refractivity contribution in [2.75, 3.05) is 0 Å². The van der Waals surface area contributed by atoms with E-state index >= 15 is 0 Å². The van der Waals surface area contributed by atoms with Gasteiger partial charge in [0.25, 0.3) is 0 Å². The molecule has 0 amide bonds. The molecule has 5 heteroatoms. The number of esters is 2. The van der Waals surface area contributed by atoms with Gasteiger partial charge in [0.15, 0.2) is 0 Å². The predicted octanol–water partition coefficient (Wildman–Crippen LogP) is 0.424. The summed E-state index contributed by atoms with van der Waals surface area (Å²) in [7, 11) is 0. The van der Waals surface area contributed by atoms with Gasteiger partial charge in [-0.1, -0.05) is 0 Å². The van der Waals surface area contributed by atoms with Gasteiger partial charge in [-0.15, -0.1) is 0 Å². The van der Waals surface area contributed by atoms with Crippen molar-refractivity contribution < 1.29 is 14.3 Å². The van der Waals surface area contributed by atoms with Gasteiger partial charge in [0, 0.05) is 18.3 Å². The minimum atomic E-state index is -0.477. The maximum Gasteiger partial charge on any atom is 0.314 e. The van der Waals surface area contributed by atoms with E-state index in [4.69, 9.17) is 0 Å². The fraction of sp³-hybridized carbons (Fsp3) is 0.333. The summed E-state index contributed by atoms with van der Waals surface area (Å²) in [6, 6.07) is 0. The van der Waals surface area contributed by atoms with Crippen LogP contribution in [0.1, 0.15) is 24.3 Å². The average molecular weight is 192 g/mol. The third-order valence-electron chi connectivity index (χ3n) is 2.11. The first kappa shape index (κ1) is 8.80. The SMILES string of the molecule is O=C1CC(c2cncnc2)CC(=O)O1. The molecule has 0 radical (unpaired) electrons. The Labute approximate surface area is 80.1 Å². The number of carbonyl (C=O) groups is 2. The quantitative estimate of drug-likeness (QED) is 0.476. The summed E-state index contributed by atoms with van der Waals surface area (Å²) in [5.74, 6) is -1.09. The van der Waals surface area contributed by atoms with Crippen LogP contribution >= 0.6 is 0 Å². The molecule has 0 aromatic carbocycles. The van der Waals surface area contributed by atoms with Crippen molar-refractivity contribution in [3.05, 3.63) is 24.3 Å². The maximum absolute atomic E-state index is 11.0. The third kappa shape index (κ3) is 1.76. The van der Waals surface area contributed by atoms with Crippen LogP contribution in [0.25, 0.3) is 0 Å². The van der Waals surface area contributed by atoms with Crippen LogP contribution in [0.5, 0.6) is 0 Å². The Morgan fingerprint density at radius 2 is 1.71 bits per heavy atom. The molecule has 0 spiro atoms. The number of cyclic esters (lactones) is 2. The molecule has 1 aliphatic heterocycles. The third-order valence-corrected chi connectivity index (χ3v) is 2.11. The highest BCUT2D eigenvalue weighted by Crippen LogP contribution is 2.26. The second kappa shape index (κ2) is 3.53. The number of rotatable bonds is 1. The molecule has 72 valence electrons. The van der Waals surface area contributed by atoms with Crippen molar-refractivity contribution in [1.29, 1.82) is 0 Å². The van der Waals surface area contributed by atoms with Gasteiger partial charge in [0.2, 0.25) is 0 Å². The van der Waals surface area contributed by atoms with Gasteiger partial charge >= 0.3 is 11.9 Å². The molecule has 1 aromatic heterocycles. The minimum Gasteiger partial charge on any atom is -0.393 e. The van der Waals surface area contributed by atoms with Crippen molar-refractivity contribution in [3.63, 3.8) is 0 Å². The zero-order chi connectivity index (χ0) is 9.97. The highest BCUT2D eigenvalue weighted by Gasteiger charge is 2.28. The van der Waals surface area contributed by atoms with E-state index in [2.05, 4.69) is 14.7 Å². The van der Waals surface area contributed by atoms with Crippen LogP contribution in [0.15, 0.2) is 18.7 Å². The van der Waals surface area contributed by atoms with E-state index in [9.17, 15) is 9.59 Å². The highest BCUT2D eigenvalue weighted by atomic mass is 16.6. The molecule has 2 heterocycles. The molecule has 0 N–H and O–H groups in total. The molecule has 0 bridgehead atoms. The lowest BCUT2D eigenvalue weighted by Crippen LogP contribution is -2.24. The minimum absolute atomic E-state index is 0.134. The van der Waals surface area contributed by atoms with Gasteiger partial charge in [-0.3, -0.25) is 9.59 Å². The van der Waals surface area contributed by atoms with E-state index in [0.29, 0.717) is 0 Å². The van der Waals surface area contributed by atoms with Crippen LogP contribution < -0.4 is 0 Å². The number of hydrogen-bond donors (Lipinski definition) is 0. The van der Waals surface area contributed by atoms with Crippen LogP contribution in [0.2, 0.25) is 0 Å². The van der Waals surface area contributed by atoms with Crippen LogP contribution in [0.3, 0.4) is 0 Å².